The maximum atomic E-state index is 12.1. The van der Waals surface area contributed by atoms with Crippen LogP contribution >= 0.6 is 15.9 Å². The van der Waals surface area contributed by atoms with Gasteiger partial charge >= 0.3 is 0 Å². The number of carbonyl (C=O) groups excluding carboxylic acids is 1. The number of hydrogen-bond acceptors (Lipinski definition) is 1. The van der Waals surface area contributed by atoms with Crippen LogP contribution in [0.1, 0.15) is 27.0 Å². The maximum Gasteiger partial charge on any atom is 0.251 e. The van der Waals surface area contributed by atoms with Crippen molar-refractivity contribution in [2.45, 2.75) is 20.4 Å². The molecule has 0 saturated carbocycles. The minimum Gasteiger partial charge on any atom is -0.348 e. The zero-order valence-corrected chi connectivity index (χ0v) is 12.6. The molecule has 0 radical (unpaired) electrons. The molecule has 0 heterocycles. The summed E-state index contributed by atoms with van der Waals surface area (Å²) in [6, 6.07) is 13.7. The summed E-state index contributed by atoms with van der Waals surface area (Å²) in [6.07, 6.45) is 0. The monoisotopic (exact) mass is 317 g/mol. The van der Waals surface area contributed by atoms with E-state index >= 15 is 0 Å². The zero-order valence-electron chi connectivity index (χ0n) is 11.0. The fourth-order valence-electron chi connectivity index (χ4n) is 1.98. The molecule has 0 aliphatic heterocycles. The van der Waals surface area contributed by atoms with Gasteiger partial charge in [-0.15, -0.1) is 0 Å². The Morgan fingerprint density at radius 1 is 1.16 bits per heavy atom. The van der Waals surface area contributed by atoms with Crippen LogP contribution in [0.4, 0.5) is 0 Å². The third-order valence-electron chi connectivity index (χ3n) is 3.02. The van der Waals surface area contributed by atoms with Crippen molar-refractivity contribution < 1.29 is 4.79 Å². The van der Waals surface area contributed by atoms with Gasteiger partial charge in [-0.25, -0.2) is 0 Å². The van der Waals surface area contributed by atoms with E-state index < -0.39 is 0 Å². The molecule has 2 aromatic carbocycles. The van der Waals surface area contributed by atoms with Crippen LogP contribution < -0.4 is 5.32 Å². The highest BCUT2D eigenvalue weighted by atomic mass is 79.9. The molecule has 0 aliphatic rings. The van der Waals surface area contributed by atoms with Crippen molar-refractivity contribution in [2.24, 2.45) is 0 Å². The van der Waals surface area contributed by atoms with Crippen LogP contribution in [0.25, 0.3) is 0 Å². The van der Waals surface area contributed by atoms with Crippen molar-refractivity contribution in [3.8, 4) is 0 Å². The second kappa shape index (κ2) is 6.02. The van der Waals surface area contributed by atoms with Crippen LogP contribution in [0.2, 0.25) is 0 Å². The van der Waals surface area contributed by atoms with Gasteiger partial charge in [0.1, 0.15) is 0 Å². The highest BCUT2D eigenvalue weighted by Gasteiger charge is 2.09. The summed E-state index contributed by atoms with van der Waals surface area (Å²) in [5.41, 5.74) is 3.97. The predicted molar refractivity (Wildman–Crippen MR) is 81.2 cm³/mol. The van der Waals surface area contributed by atoms with Gasteiger partial charge in [0, 0.05) is 16.6 Å². The van der Waals surface area contributed by atoms with E-state index in [0.717, 1.165) is 21.2 Å². The van der Waals surface area contributed by atoms with Crippen LogP contribution in [0.5, 0.6) is 0 Å². The molecule has 0 atom stereocenters. The van der Waals surface area contributed by atoms with E-state index in [4.69, 9.17) is 0 Å². The molecule has 0 spiro atoms. The van der Waals surface area contributed by atoms with Crippen LogP contribution in [0, 0.1) is 13.8 Å². The number of hydrogen-bond donors (Lipinski definition) is 1. The molecule has 0 aliphatic carbocycles. The van der Waals surface area contributed by atoms with Crippen molar-refractivity contribution in [3.05, 3.63) is 69.2 Å². The standard InChI is InChI=1S/C16H16BrNO/c1-11-7-8-14(12(2)9-11)16(19)18-10-13-5-3-4-6-15(13)17/h3-9H,10H2,1-2H3,(H,18,19). The predicted octanol–water partition coefficient (Wildman–Crippen LogP) is 4.00. The van der Waals surface area contributed by atoms with Gasteiger partial charge in [0.15, 0.2) is 0 Å². The largest absolute Gasteiger partial charge is 0.348 e. The van der Waals surface area contributed by atoms with E-state index in [1.807, 2.05) is 56.3 Å². The Hall–Kier alpha value is -1.61. The third-order valence-corrected chi connectivity index (χ3v) is 3.80. The number of nitrogens with one attached hydrogen (secondary N) is 1. The first-order chi connectivity index (χ1) is 9.08. The first-order valence-electron chi connectivity index (χ1n) is 6.17. The van der Waals surface area contributed by atoms with Gasteiger partial charge in [0.25, 0.3) is 5.91 Å². The molecule has 0 unspecified atom stereocenters. The fraction of sp³-hybridized carbons (Fsp3) is 0.188. The molecule has 0 bridgehead atoms. The molecular weight excluding hydrogens is 302 g/mol. The summed E-state index contributed by atoms with van der Waals surface area (Å²) in [5, 5.41) is 2.95. The molecule has 3 heteroatoms. The Balaban J connectivity index is 2.08. The molecule has 1 N–H and O–H groups in total. The Labute approximate surface area is 122 Å². The summed E-state index contributed by atoms with van der Waals surface area (Å²) >= 11 is 3.48. The minimum absolute atomic E-state index is 0.0340. The first-order valence-corrected chi connectivity index (χ1v) is 6.96. The van der Waals surface area contributed by atoms with E-state index in [9.17, 15) is 4.79 Å². The third kappa shape index (κ3) is 3.44. The first kappa shape index (κ1) is 13.8. The molecule has 2 rings (SSSR count). The highest BCUT2D eigenvalue weighted by molar-refractivity contribution is 9.10. The van der Waals surface area contributed by atoms with Gasteiger partial charge in [-0.2, -0.15) is 0 Å². The molecule has 98 valence electrons. The number of rotatable bonds is 3. The van der Waals surface area contributed by atoms with E-state index in [2.05, 4.69) is 21.2 Å². The lowest BCUT2D eigenvalue weighted by molar-refractivity contribution is 0.0950. The molecular formula is C16H16BrNO. The van der Waals surface area contributed by atoms with Gasteiger partial charge in [-0.05, 0) is 37.1 Å². The smallest absolute Gasteiger partial charge is 0.251 e. The number of carbonyl (C=O) groups is 1. The second-order valence-electron chi connectivity index (χ2n) is 4.59. The van der Waals surface area contributed by atoms with E-state index in [1.54, 1.807) is 0 Å². The summed E-state index contributed by atoms with van der Waals surface area (Å²) in [5.74, 6) is -0.0340. The van der Waals surface area contributed by atoms with Crippen molar-refractivity contribution >= 4 is 21.8 Å². The highest BCUT2D eigenvalue weighted by Crippen LogP contribution is 2.16. The SMILES string of the molecule is Cc1ccc(C(=O)NCc2ccccc2Br)c(C)c1. The number of halogens is 1. The van der Waals surface area contributed by atoms with Crippen LogP contribution in [0.15, 0.2) is 46.9 Å². The lowest BCUT2D eigenvalue weighted by Crippen LogP contribution is -2.23. The average molecular weight is 318 g/mol. The van der Waals surface area contributed by atoms with Crippen LogP contribution in [-0.2, 0) is 6.54 Å². The van der Waals surface area contributed by atoms with Crippen molar-refractivity contribution in [1.29, 1.82) is 0 Å². The summed E-state index contributed by atoms with van der Waals surface area (Å²) in [7, 11) is 0. The summed E-state index contributed by atoms with van der Waals surface area (Å²) in [4.78, 5) is 12.1. The van der Waals surface area contributed by atoms with Gasteiger partial charge in [-0.1, -0.05) is 51.8 Å². The van der Waals surface area contributed by atoms with E-state index in [0.29, 0.717) is 6.54 Å². The molecule has 2 aromatic rings. The summed E-state index contributed by atoms with van der Waals surface area (Å²) in [6.45, 7) is 4.50. The Bertz CT molecular complexity index is 607. The zero-order chi connectivity index (χ0) is 13.8. The molecule has 0 saturated heterocycles. The average Bonchev–Trinajstić information content (AvgIpc) is 2.37. The molecule has 0 fully saturated rings. The Morgan fingerprint density at radius 3 is 2.58 bits per heavy atom. The van der Waals surface area contributed by atoms with Crippen LogP contribution in [0.3, 0.4) is 0 Å². The minimum atomic E-state index is -0.0340. The van der Waals surface area contributed by atoms with E-state index in [1.165, 1.54) is 5.56 Å². The molecule has 0 aromatic heterocycles. The number of aryl methyl sites for hydroxylation is 2. The van der Waals surface area contributed by atoms with E-state index in [-0.39, 0.29) is 5.91 Å². The fourth-order valence-corrected chi connectivity index (χ4v) is 2.41. The van der Waals surface area contributed by atoms with Crippen molar-refractivity contribution in [1.82, 2.24) is 5.32 Å². The quantitative estimate of drug-likeness (QED) is 0.911. The lowest BCUT2D eigenvalue weighted by atomic mass is 10.1. The van der Waals surface area contributed by atoms with Gasteiger partial charge < -0.3 is 5.32 Å². The summed E-state index contributed by atoms with van der Waals surface area (Å²) < 4.78 is 1.01. The lowest BCUT2D eigenvalue weighted by Gasteiger charge is -2.09. The Morgan fingerprint density at radius 2 is 1.89 bits per heavy atom. The Kier molecular flexibility index (Phi) is 4.38. The van der Waals surface area contributed by atoms with Crippen molar-refractivity contribution in [3.63, 3.8) is 0 Å². The van der Waals surface area contributed by atoms with Gasteiger partial charge in [-0.3, -0.25) is 4.79 Å². The van der Waals surface area contributed by atoms with Gasteiger partial charge in [0.05, 0.1) is 0 Å². The maximum absolute atomic E-state index is 12.1. The second-order valence-corrected chi connectivity index (χ2v) is 5.45. The molecule has 1 amide bonds. The number of benzene rings is 2. The molecule has 2 nitrogen and oxygen atoms in total. The molecule has 19 heavy (non-hydrogen) atoms. The topological polar surface area (TPSA) is 29.1 Å². The van der Waals surface area contributed by atoms with Crippen LogP contribution in [-0.4, -0.2) is 5.91 Å². The normalized spacial score (nSPS) is 10.3. The number of amides is 1. The van der Waals surface area contributed by atoms with Crippen molar-refractivity contribution in [2.75, 3.05) is 0 Å². The van der Waals surface area contributed by atoms with Gasteiger partial charge in [0.2, 0.25) is 0 Å².